The average molecular weight is 260 g/mol. The zero-order valence-electron chi connectivity index (χ0n) is 11.4. The quantitative estimate of drug-likeness (QED) is 0.684. The minimum Gasteiger partial charge on any atom is -0.508 e. The monoisotopic (exact) mass is 260 g/mol. The molecule has 0 atom stereocenters. The van der Waals surface area contributed by atoms with Crippen molar-refractivity contribution < 1.29 is 5.11 Å². The van der Waals surface area contributed by atoms with Crippen molar-refractivity contribution in [3.63, 3.8) is 0 Å². The lowest BCUT2D eigenvalue weighted by atomic mass is 9.98. The van der Waals surface area contributed by atoms with Gasteiger partial charge in [-0.25, -0.2) is 0 Å². The Morgan fingerprint density at radius 2 is 1.15 bits per heavy atom. The van der Waals surface area contributed by atoms with Gasteiger partial charge in [0.1, 0.15) is 5.75 Å². The van der Waals surface area contributed by atoms with Crippen LogP contribution in [0.5, 0.6) is 5.75 Å². The summed E-state index contributed by atoms with van der Waals surface area (Å²) in [6, 6.07) is 24.1. The standard InChI is InChI=1S/C19H16O/c1-14-7-9-16(10-8-14)18-11-17(12-19(20)13-18)15-5-3-2-4-6-15/h2-13,20H,1H3. The Kier molecular flexibility index (Phi) is 3.26. The van der Waals surface area contributed by atoms with Crippen LogP contribution in [0.1, 0.15) is 5.56 Å². The molecule has 0 aliphatic carbocycles. The van der Waals surface area contributed by atoms with Gasteiger partial charge in [-0.1, -0.05) is 60.2 Å². The predicted octanol–water partition coefficient (Wildman–Crippen LogP) is 5.03. The Morgan fingerprint density at radius 1 is 0.600 bits per heavy atom. The molecule has 0 radical (unpaired) electrons. The maximum Gasteiger partial charge on any atom is 0.116 e. The molecule has 98 valence electrons. The van der Waals surface area contributed by atoms with Gasteiger partial charge in [0.25, 0.3) is 0 Å². The highest BCUT2D eigenvalue weighted by Gasteiger charge is 2.04. The number of aryl methyl sites for hydroxylation is 1. The lowest BCUT2D eigenvalue weighted by Gasteiger charge is -2.08. The molecule has 1 nitrogen and oxygen atoms in total. The van der Waals surface area contributed by atoms with Gasteiger partial charge < -0.3 is 5.11 Å². The van der Waals surface area contributed by atoms with Crippen LogP contribution in [-0.4, -0.2) is 5.11 Å². The van der Waals surface area contributed by atoms with Crippen molar-refractivity contribution in [2.45, 2.75) is 6.92 Å². The van der Waals surface area contributed by atoms with Gasteiger partial charge in [-0.2, -0.15) is 0 Å². The molecule has 3 rings (SSSR count). The molecule has 20 heavy (non-hydrogen) atoms. The minimum absolute atomic E-state index is 0.293. The Hall–Kier alpha value is -2.54. The van der Waals surface area contributed by atoms with Gasteiger partial charge in [0.05, 0.1) is 0 Å². The SMILES string of the molecule is Cc1ccc(-c2cc(O)cc(-c3ccccc3)c2)cc1. The molecule has 0 bridgehead atoms. The van der Waals surface area contributed by atoms with E-state index in [1.165, 1.54) is 5.56 Å². The highest BCUT2D eigenvalue weighted by molar-refractivity contribution is 5.75. The summed E-state index contributed by atoms with van der Waals surface area (Å²) in [6.07, 6.45) is 0. The molecule has 1 heteroatoms. The van der Waals surface area contributed by atoms with Gasteiger partial charge in [-0.3, -0.25) is 0 Å². The molecule has 0 saturated carbocycles. The largest absolute Gasteiger partial charge is 0.508 e. The molecule has 0 spiro atoms. The molecule has 0 aliphatic heterocycles. The Balaban J connectivity index is 2.09. The first-order valence-electron chi connectivity index (χ1n) is 6.69. The summed E-state index contributed by atoms with van der Waals surface area (Å²) < 4.78 is 0. The van der Waals surface area contributed by atoms with Crippen molar-refractivity contribution in [1.82, 2.24) is 0 Å². The molecule has 0 heterocycles. The normalized spacial score (nSPS) is 10.4. The van der Waals surface area contributed by atoms with Crippen LogP contribution in [0, 0.1) is 6.92 Å². The molecule has 0 fully saturated rings. The van der Waals surface area contributed by atoms with Gasteiger partial charge in [-0.15, -0.1) is 0 Å². The fourth-order valence-corrected chi connectivity index (χ4v) is 2.32. The summed E-state index contributed by atoms with van der Waals surface area (Å²) in [6.45, 7) is 2.07. The second kappa shape index (κ2) is 5.22. The summed E-state index contributed by atoms with van der Waals surface area (Å²) in [4.78, 5) is 0. The third-order valence-electron chi connectivity index (χ3n) is 3.41. The van der Waals surface area contributed by atoms with Crippen molar-refractivity contribution in [3.05, 3.63) is 78.4 Å². The number of phenolic OH excluding ortho intramolecular Hbond substituents is 1. The fraction of sp³-hybridized carbons (Fsp3) is 0.0526. The zero-order chi connectivity index (χ0) is 13.9. The smallest absolute Gasteiger partial charge is 0.116 e. The predicted molar refractivity (Wildman–Crippen MR) is 83.7 cm³/mol. The van der Waals surface area contributed by atoms with E-state index in [2.05, 4.69) is 37.3 Å². The van der Waals surface area contributed by atoms with Gasteiger partial charge in [-0.05, 0) is 47.4 Å². The van der Waals surface area contributed by atoms with E-state index in [4.69, 9.17) is 0 Å². The number of benzene rings is 3. The maximum atomic E-state index is 9.97. The van der Waals surface area contributed by atoms with Crippen LogP contribution in [-0.2, 0) is 0 Å². The van der Waals surface area contributed by atoms with Crippen LogP contribution < -0.4 is 0 Å². The van der Waals surface area contributed by atoms with Crippen molar-refractivity contribution in [3.8, 4) is 28.0 Å². The number of hydrogen-bond donors (Lipinski definition) is 1. The van der Waals surface area contributed by atoms with Gasteiger partial charge >= 0.3 is 0 Å². The van der Waals surface area contributed by atoms with E-state index in [9.17, 15) is 5.11 Å². The van der Waals surface area contributed by atoms with Gasteiger partial charge in [0.2, 0.25) is 0 Å². The van der Waals surface area contributed by atoms with E-state index in [1.807, 2.05) is 30.3 Å². The highest BCUT2D eigenvalue weighted by atomic mass is 16.3. The number of phenols is 1. The average Bonchev–Trinajstić information content (AvgIpc) is 2.48. The molecule has 1 N–H and O–H groups in total. The van der Waals surface area contributed by atoms with Crippen LogP contribution in [0.3, 0.4) is 0 Å². The summed E-state index contributed by atoms with van der Waals surface area (Å²) >= 11 is 0. The first-order chi connectivity index (χ1) is 9.72. The molecule has 0 unspecified atom stereocenters. The lowest BCUT2D eigenvalue weighted by Crippen LogP contribution is -1.82. The van der Waals surface area contributed by atoms with E-state index in [-0.39, 0.29) is 0 Å². The second-order valence-electron chi connectivity index (χ2n) is 5.00. The maximum absolute atomic E-state index is 9.97. The fourth-order valence-electron chi connectivity index (χ4n) is 2.32. The molecule has 0 amide bonds. The van der Waals surface area contributed by atoms with Crippen LogP contribution in [0.25, 0.3) is 22.3 Å². The van der Waals surface area contributed by atoms with E-state index < -0.39 is 0 Å². The number of rotatable bonds is 2. The summed E-state index contributed by atoms with van der Waals surface area (Å²) in [7, 11) is 0. The Labute approximate surface area is 119 Å². The summed E-state index contributed by atoms with van der Waals surface area (Å²) in [5, 5.41) is 9.97. The van der Waals surface area contributed by atoms with Crippen molar-refractivity contribution in [2.24, 2.45) is 0 Å². The second-order valence-corrected chi connectivity index (χ2v) is 5.00. The van der Waals surface area contributed by atoms with Crippen LogP contribution in [0.2, 0.25) is 0 Å². The van der Waals surface area contributed by atoms with E-state index >= 15 is 0 Å². The topological polar surface area (TPSA) is 20.2 Å². The molecular weight excluding hydrogens is 244 g/mol. The molecule has 3 aromatic rings. The third kappa shape index (κ3) is 2.57. The first kappa shape index (κ1) is 12.5. The lowest BCUT2D eigenvalue weighted by molar-refractivity contribution is 0.476. The van der Waals surface area contributed by atoms with E-state index in [1.54, 1.807) is 12.1 Å². The van der Waals surface area contributed by atoms with Crippen LogP contribution in [0.15, 0.2) is 72.8 Å². The summed E-state index contributed by atoms with van der Waals surface area (Å²) in [5.41, 5.74) is 5.52. The zero-order valence-corrected chi connectivity index (χ0v) is 11.4. The Morgan fingerprint density at radius 3 is 1.75 bits per heavy atom. The minimum atomic E-state index is 0.293. The molecular formula is C19H16O. The van der Waals surface area contributed by atoms with Gasteiger partial charge in [0, 0.05) is 0 Å². The van der Waals surface area contributed by atoms with Crippen molar-refractivity contribution in [2.75, 3.05) is 0 Å². The highest BCUT2D eigenvalue weighted by Crippen LogP contribution is 2.30. The van der Waals surface area contributed by atoms with E-state index in [0.717, 1.165) is 22.3 Å². The van der Waals surface area contributed by atoms with Crippen molar-refractivity contribution in [1.29, 1.82) is 0 Å². The summed E-state index contributed by atoms with van der Waals surface area (Å²) in [5.74, 6) is 0.293. The number of aromatic hydroxyl groups is 1. The third-order valence-corrected chi connectivity index (χ3v) is 3.41. The molecule has 0 aliphatic rings. The van der Waals surface area contributed by atoms with E-state index in [0.29, 0.717) is 5.75 Å². The Bertz CT molecular complexity index is 713. The molecule has 0 aromatic heterocycles. The number of hydrogen-bond acceptors (Lipinski definition) is 1. The van der Waals surface area contributed by atoms with Gasteiger partial charge in [0.15, 0.2) is 0 Å². The van der Waals surface area contributed by atoms with Crippen LogP contribution >= 0.6 is 0 Å². The molecule has 3 aromatic carbocycles. The van der Waals surface area contributed by atoms with Crippen molar-refractivity contribution >= 4 is 0 Å². The van der Waals surface area contributed by atoms with Crippen LogP contribution in [0.4, 0.5) is 0 Å². The first-order valence-corrected chi connectivity index (χ1v) is 6.69. The molecule has 0 saturated heterocycles.